The summed E-state index contributed by atoms with van der Waals surface area (Å²) in [5.41, 5.74) is 0.731. The van der Waals surface area contributed by atoms with Crippen LogP contribution in [0.4, 0.5) is 0 Å². The molecule has 3 unspecified atom stereocenters. The van der Waals surface area contributed by atoms with Gasteiger partial charge >= 0.3 is 0 Å². The summed E-state index contributed by atoms with van der Waals surface area (Å²) in [7, 11) is 0. The maximum absolute atomic E-state index is 4.10. The predicted molar refractivity (Wildman–Crippen MR) is 83.8 cm³/mol. The molecule has 3 aliphatic carbocycles. The molecular weight excluding hydrogens is 244 g/mol. The van der Waals surface area contributed by atoms with Gasteiger partial charge in [0.1, 0.15) is 0 Å². The first kappa shape index (κ1) is 13.6. The second kappa shape index (κ2) is 5.61. The Labute approximate surface area is 124 Å². The second-order valence-corrected chi connectivity index (χ2v) is 8.23. The third-order valence-corrected chi connectivity index (χ3v) is 7.24. The molecule has 1 saturated heterocycles. The van der Waals surface area contributed by atoms with Crippen LogP contribution in [0.5, 0.6) is 0 Å². The highest BCUT2D eigenvalue weighted by Crippen LogP contribution is 2.46. The molecular formula is C18H32N2. The molecule has 3 atom stereocenters. The quantitative estimate of drug-likeness (QED) is 0.807. The minimum Gasteiger partial charge on any atom is -0.317 e. The van der Waals surface area contributed by atoms with Crippen LogP contribution in [0.2, 0.25) is 0 Å². The van der Waals surface area contributed by atoms with Gasteiger partial charge in [0.25, 0.3) is 0 Å². The molecule has 0 radical (unpaired) electrons. The molecule has 0 aromatic heterocycles. The summed E-state index contributed by atoms with van der Waals surface area (Å²) in [6, 6.07) is 1.73. The van der Waals surface area contributed by atoms with E-state index in [-0.39, 0.29) is 0 Å². The average Bonchev–Trinajstić information content (AvgIpc) is 3.08. The van der Waals surface area contributed by atoms with Gasteiger partial charge in [-0.1, -0.05) is 12.8 Å². The van der Waals surface area contributed by atoms with Crippen LogP contribution in [-0.4, -0.2) is 25.2 Å². The molecule has 2 N–H and O–H groups in total. The fraction of sp³-hybridized carbons (Fsp3) is 1.00. The van der Waals surface area contributed by atoms with E-state index in [2.05, 4.69) is 10.6 Å². The summed E-state index contributed by atoms with van der Waals surface area (Å²) in [5.74, 6) is 2.14. The van der Waals surface area contributed by atoms with Crippen molar-refractivity contribution in [2.75, 3.05) is 13.1 Å². The van der Waals surface area contributed by atoms with Crippen molar-refractivity contribution in [3.8, 4) is 0 Å². The maximum Gasteiger partial charge on any atom is 0.0101 e. The number of nitrogens with one attached hydrogen (secondary N) is 2. The topological polar surface area (TPSA) is 24.1 Å². The van der Waals surface area contributed by atoms with E-state index in [1.807, 2.05) is 0 Å². The van der Waals surface area contributed by atoms with Crippen molar-refractivity contribution in [3.05, 3.63) is 0 Å². The van der Waals surface area contributed by atoms with E-state index in [1.165, 1.54) is 83.7 Å². The fourth-order valence-electron chi connectivity index (χ4n) is 5.92. The Morgan fingerprint density at radius 3 is 2.40 bits per heavy atom. The van der Waals surface area contributed by atoms with Crippen molar-refractivity contribution in [1.82, 2.24) is 10.6 Å². The van der Waals surface area contributed by atoms with Gasteiger partial charge in [-0.05, 0) is 88.1 Å². The Bertz CT molecular complexity index is 324. The van der Waals surface area contributed by atoms with Crippen molar-refractivity contribution < 1.29 is 0 Å². The molecule has 20 heavy (non-hydrogen) atoms. The molecule has 0 bridgehead atoms. The largest absolute Gasteiger partial charge is 0.317 e. The van der Waals surface area contributed by atoms with Gasteiger partial charge in [0.05, 0.1) is 0 Å². The zero-order valence-corrected chi connectivity index (χ0v) is 13.0. The predicted octanol–water partition coefficient (Wildman–Crippen LogP) is 3.47. The molecule has 114 valence electrons. The lowest BCUT2D eigenvalue weighted by Gasteiger charge is -2.44. The Balaban J connectivity index is 1.29. The van der Waals surface area contributed by atoms with E-state index in [9.17, 15) is 0 Å². The highest BCUT2D eigenvalue weighted by Gasteiger charge is 2.41. The molecule has 4 aliphatic rings. The van der Waals surface area contributed by atoms with Crippen LogP contribution in [0.25, 0.3) is 0 Å². The van der Waals surface area contributed by atoms with Crippen molar-refractivity contribution in [2.24, 2.45) is 17.3 Å². The lowest BCUT2D eigenvalue weighted by Crippen LogP contribution is -2.46. The van der Waals surface area contributed by atoms with Gasteiger partial charge in [-0.25, -0.2) is 0 Å². The summed E-state index contributed by atoms with van der Waals surface area (Å²) >= 11 is 0. The zero-order valence-electron chi connectivity index (χ0n) is 13.0. The zero-order chi connectivity index (χ0) is 13.4. The Hall–Kier alpha value is -0.0800. The fourth-order valence-corrected chi connectivity index (χ4v) is 5.92. The second-order valence-electron chi connectivity index (χ2n) is 8.23. The number of hydrogen-bond donors (Lipinski definition) is 2. The first-order valence-corrected chi connectivity index (χ1v) is 9.31. The number of hydrogen-bond acceptors (Lipinski definition) is 2. The molecule has 0 aromatic rings. The molecule has 2 nitrogen and oxygen atoms in total. The Morgan fingerprint density at radius 2 is 1.60 bits per heavy atom. The summed E-state index contributed by atoms with van der Waals surface area (Å²) in [6.07, 6.45) is 16.3. The van der Waals surface area contributed by atoms with Crippen LogP contribution in [0.15, 0.2) is 0 Å². The number of piperidine rings is 1. The molecule has 1 heterocycles. The first-order chi connectivity index (χ1) is 9.85. The standard InChI is InChI=1S/C18H32N2/c1-2-14-4-5-17(16(14)3-1)20-15-6-8-18(9-7-15)10-12-19-13-11-18/h14-17,19-20H,1-13H2. The van der Waals surface area contributed by atoms with Gasteiger partial charge < -0.3 is 10.6 Å². The monoisotopic (exact) mass is 276 g/mol. The highest BCUT2D eigenvalue weighted by molar-refractivity contribution is 4.97. The van der Waals surface area contributed by atoms with Gasteiger partial charge in [-0.3, -0.25) is 0 Å². The molecule has 4 rings (SSSR count). The van der Waals surface area contributed by atoms with Crippen LogP contribution in [0, 0.1) is 17.3 Å². The average molecular weight is 276 g/mol. The summed E-state index contributed by atoms with van der Waals surface area (Å²) < 4.78 is 0. The SMILES string of the molecule is C1CC2CCC(NC3CCC4(CCNCC4)CC3)C2C1. The van der Waals surface area contributed by atoms with Crippen molar-refractivity contribution in [1.29, 1.82) is 0 Å². The van der Waals surface area contributed by atoms with Crippen molar-refractivity contribution >= 4 is 0 Å². The van der Waals surface area contributed by atoms with E-state index in [0.29, 0.717) is 0 Å². The van der Waals surface area contributed by atoms with Crippen molar-refractivity contribution in [2.45, 2.75) is 82.7 Å². The van der Waals surface area contributed by atoms with Crippen LogP contribution >= 0.6 is 0 Å². The molecule has 1 spiro atoms. The molecule has 1 aliphatic heterocycles. The molecule has 0 aromatic carbocycles. The smallest absolute Gasteiger partial charge is 0.0101 e. The van der Waals surface area contributed by atoms with Crippen LogP contribution in [-0.2, 0) is 0 Å². The third-order valence-electron chi connectivity index (χ3n) is 7.24. The molecule has 4 fully saturated rings. The normalized spacial score (nSPS) is 41.1. The van der Waals surface area contributed by atoms with Gasteiger partial charge in [-0.2, -0.15) is 0 Å². The van der Waals surface area contributed by atoms with Gasteiger partial charge in [0, 0.05) is 12.1 Å². The molecule has 0 amide bonds. The molecule has 2 heteroatoms. The van der Waals surface area contributed by atoms with E-state index >= 15 is 0 Å². The van der Waals surface area contributed by atoms with E-state index in [0.717, 1.165) is 29.3 Å². The minimum atomic E-state index is 0.731. The third kappa shape index (κ3) is 2.54. The van der Waals surface area contributed by atoms with E-state index < -0.39 is 0 Å². The summed E-state index contributed by atoms with van der Waals surface area (Å²) in [4.78, 5) is 0. The Kier molecular flexibility index (Phi) is 3.80. The van der Waals surface area contributed by atoms with Gasteiger partial charge in [0.15, 0.2) is 0 Å². The van der Waals surface area contributed by atoms with Gasteiger partial charge in [0.2, 0.25) is 0 Å². The minimum absolute atomic E-state index is 0.731. The molecule has 3 saturated carbocycles. The highest BCUT2D eigenvalue weighted by atomic mass is 15.0. The van der Waals surface area contributed by atoms with Crippen molar-refractivity contribution in [3.63, 3.8) is 0 Å². The van der Waals surface area contributed by atoms with Gasteiger partial charge in [-0.15, -0.1) is 0 Å². The maximum atomic E-state index is 4.10. The summed E-state index contributed by atoms with van der Waals surface area (Å²) in [5, 5.41) is 7.63. The van der Waals surface area contributed by atoms with Crippen LogP contribution < -0.4 is 10.6 Å². The van der Waals surface area contributed by atoms with E-state index in [4.69, 9.17) is 0 Å². The number of rotatable bonds is 2. The lowest BCUT2D eigenvalue weighted by atomic mass is 9.67. The van der Waals surface area contributed by atoms with E-state index in [1.54, 1.807) is 0 Å². The van der Waals surface area contributed by atoms with Crippen LogP contribution in [0.1, 0.15) is 70.6 Å². The first-order valence-electron chi connectivity index (χ1n) is 9.31. The Morgan fingerprint density at radius 1 is 0.800 bits per heavy atom. The van der Waals surface area contributed by atoms with Crippen LogP contribution in [0.3, 0.4) is 0 Å². The summed E-state index contributed by atoms with van der Waals surface area (Å²) in [6.45, 7) is 2.54. The number of fused-ring (bicyclic) bond motifs is 1. The lowest BCUT2D eigenvalue weighted by molar-refractivity contribution is 0.110.